The third-order valence-corrected chi connectivity index (χ3v) is 5.47. The summed E-state index contributed by atoms with van der Waals surface area (Å²) in [4.78, 5) is 4.58. The molecule has 2 aliphatic rings. The topological polar surface area (TPSA) is 24.4 Å². The molecule has 0 amide bonds. The first-order valence-corrected chi connectivity index (χ1v) is 8.44. The zero-order chi connectivity index (χ0) is 11.2. The van der Waals surface area contributed by atoms with E-state index < -0.39 is 0 Å². The van der Waals surface area contributed by atoms with Crippen molar-refractivity contribution >= 4 is 28.7 Å². The second-order valence-electron chi connectivity index (χ2n) is 4.61. The lowest BCUT2D eigenvalue weighted by atomic mass is 10.0. The molecule has 2 nitrogen and oxygen atoms in total. The van der Waals surface area contributed by atoms with Gasteiger partial charge in [0.15, 0.2) is 5.17 Å². The van der Waals surface area contributed by atoms with Crippen molar-refractivity contribution in [1.29, 1.82) is 0 Å². The molecule has 2 rings (SSSR count). The number of thioether (sulfide) groups is 2. The lowest BCUT2D eigenvalue weighted by Gasteiger charge is -2.21. The molecule has 0 saturated carbocycles. The molecule has 0 radical (unpaired) electrons. The van der Waals surface area contributed by atoms with E-state index in [4.69, 9.17) is 0 Å². The lowest BCUT2D eigenvalue weighted by Crippen LogP contribution is -2.28. The van der Waals surface area contributed by atoms with Crippen molar-refractivity contribution in [3.63, 3.8) is 0 Å². The van der Waals surface area contributed by atoms with Gasteiger partial charge < -0.3 is 5.32 Å². The van der Waals surface area contributed by atoms with Gasteiger partial charge in [-0.1, -0.05) is 25.1 Å². The van der Waals surface area contributed by atoms with Crippen LogP contribution in [-0.4, -0.2) is 35.0 Å². The van der Waals surface area contributed by atoms with Crippen LogP contribution >= 0.6 is 23.5 Å². The van der Waals surface area contributed by atoms with Gasteiger partial charge in [0, 0.05) is 11.8 Å². The third kappa shape index (κ3) is 3.88. The quantitative estimate of drug-likeness (QED) is 0.839. The van der Waals surface area contributed by atoms with Crippen molar-refractivity contribution in [3.8, 4) is 0 Å². The van der Waals surface area contributed by atoms with Gasteiger partial charge in [-0.05, 0) is 36.7 Å². The van der Waals surface area contributed by atoms with Crippen molar-refractivity contribution in [2.75, 3.05) is 24.6 Å². The van der Waals surface area contributed by atoms with E-state index in [1.165, 1.54) is 42.4 Å². The monoisotopic (exact) mass is 258 g/mol. The first kappa shape index (κ1) is 12.6. The van der Waals surface area contributed by atoms with Crippen LogP contribution in [0.4, 0.5) is 0 Å². The molecule has 0 aromatic heterocycles. The molecule has 0 spiro atoms. The van der Waals surface area contributed by atoms with E-state index in [9.17, 15) is 0 Å². The van der Waals surface area contributed by atoms with Crippen LogP contribution in [0.15, 0.2) is 4.99 Å². The van der Waals surface area contributed by atoms with Crippen LogP contribution in [0.3, 0.4) is 0 Å². The molecule has 16 heavy (non-hydrogen) atoms. The SMILES string of the molecule is CCCC1CN=C(NCC2CCSCC2)S1. The Kier molecular flexibility index (Phi) is 5.36. The van der Waals surface area contributed by atoms with Crippen LogP contribution < -0.4 is 5.32 Å². The first-order chi connectivity index (χ1) is 7.88. The molecular weight excluding hydrogens is 236 g/mol. The molecule has 1 N–H and O–H groups in total. The fourth-order valence-corrected chi connectivity index (χ4v) is 4.51. The number of hydrogen-bond acceptors (Lipinski definition) is 4. The molecule has 2 aliphatic heterocycles. The average molecular weight is 258 g/mol. The highest BCUT2D eigenvalue weighted by Gasteiger charge is 2.20. The van der Waals surface area contributed by atoms with Crippen LogP contribution in [0.25, 0.3) is 0 Å². The minimum absolute atomic E-state index is 0.745. The fourth-order valence-electron chi connectivity index (χ4n) is 2.17. The van der Waals surface area contributed by atoms with Gasteiger partial charge in [-0.25, -0.2) is 0 Å². The van der Waals surface area contributed by atoms with Crippen LogP contribution in [0.5, 0.6) is 0 Å². The largest absolute Gasteiger partial charge is 0.365 e. The number of rotatable bonds is 4. The molecule has 92 valence electrons. The Morgan fingerprint density at radius 3 is 2.94 bits per heavy atom. The standard InChI is InChI=1S/C12H22N2S2/c1-2-3-11-9-14-12(16-11)13-8-10-4-6-15-7-5-10/h10-11H,2-9H2,1H3,(H,13,14). The van der Waals surface area contributed by atoms with Crippen molar-refractivity contribution in [2.24, 2.45) is 10.9 Å². The summed E-state index contributed by atoms with van der Waals surface area (Å²) in [5.74, 6) is 3.59. The van der Waals surface area contributed by atoms with E-state index in [1.807, 2.05) is 11.8 Å². The molecule has 0 aliphatic carbocycles. The smallest absolute Gasteiger partial charge is 0.156 e. The van der Waals surface area contributed by atoms with E-state index >= 15 is 0 Å². The molecule has 1 atom stereocenters. The Morgan fingerprint density at radius 2 is 2.19 bits per heavy atom. The molecule has 0 aromatic rings. The molecular formula is C12H22N2S2. The van der Waals surface area contributed by atoms with Gasteiger partial charge in [-0.3, -0.25) is 4.99 Å². The van der Waals surface area contributed by atoms with Gasteiger partial charge in [0.25, 0.3) is 0 Å². The van der Waals surface area contributed by atoms with E-state index in [0.717, 1.165) is 24.3 Å². The summed E-state index contributed by atoms with van der Waals surface area (Å²) in [7, 11) is 0. The average Bonchev–Trinajstić information content (AvgIpc) is 2.76. The summed E-state index contributed by atoms with van der Waals surface area (Å²) in [5, 5.41) is 5.49. The lowest BCUT2D eigenvalue weighted by molar-refractivity contribution is 0.483. The van der Waals surface area contributed by atoms with Gasteiger partial charge in [0.2, 0.25) is 0 Å². The highest BCUT2D eigenvalue weighted by Crippen LogP contribution is 2.25. The summed E-state index contributed by atoms with van der Waals surface area (Å²) in [6.07, 6.45) is 5.35. The Bertz CT molecular complexity index is 237. The van der Waals surface area contributed by atoms with Crippen molar-refractivity contribution < 1.29 is 0 Å². The van der Waals surface area contributed by atoms with E-state index in [2.05, 4.69) is 29.0 Å². The Balaban J connectivity index is 1.63. The maximum Gasteiger partial charge on any atom is 0.156 e. The van der Waals surface area contributed by atoms with E-state index in [1.54, 1.807) is 0 Å². The number of amidine groups is 1. The van der Waals surface area contributed by atoms with Gasteiger partial charge in [0.1, 0.15) is 0 Å². The van der Waals surface area contributed by atoms with Crippen LogP contribution in [-0.2, 0) is 0 Å². The maximum absolute atomic E-state index is 4.58. The molecule has 1 fully saturated rings. The van der Waals surface area contributed by atoms with Gasteiger partial charge in [0.05, 0.1) is 6.54 Å². The van der Waals surface area contributed by atoms with Gasteiger partial charge in [-0.15, -0.1) is 0 Å². The van der Waals surface area contributed by atoms with Crippen molar-refractivity contribution in [1.82, 2.24) is 5.32 Å². The number of nitrogens with one attached hydrogen (secondary N) is 1. The summed E-state index contributed by atoms with van der Waals surface area (Å²) in [6, 6.07) is 0. The van der Waals surface area contributed by atoms with Gasteiger partial charge in [-0.2, -0.15) is 11.8 Å². The molecule has 0 aromatic carbocycles. The van der Waals surface area contributed by atoms with Gasteiger partial charge >= 0.3 is 0 Å². The second kappa shape index (κ2) is 6.80. The summed E-state index contributed by atoms with van der Waals surface area (Å²) in [6.45, 7) is 4.43. The Hall–Kier alpha value is 0.170. The Labute approximate surface area is 107 Å². The number of hydrogen-bond donors (Lipinski definition) is 1. The molecule has 0 bridgehead atoms. The van der Waals surface area contributed by atoms with E-state index in [0.29, 0.717) is 0 Å². The number of nitrogens with zero attached hydrogens (tertiary/aromatic N) is 1. The zero-order valence-electron chi connectivity index (χ0n) is 10.1. The predicted octanol–water partition coefficient (Wildman–Crippen LogP) is 2.99. The molecule has 4 heteroatoms. The maximum atomic E-state index is 4.58. The van der Waals surface area contributed by atoms with E-state index in [-0.39, 0.29) is 0 Å². The normalized spacial score (nSPS) is 26.8. The fraction of sp³-hybridized carbons (Fsp3) is 0.917. The first-order valence-electron chi connectivity index (χ1n) is 6.41. The molecule has 2 heterocycles. The predicted molar refractivity (Wildman–Crippen MR) is 76.6 cm³/mol. The highest BCUT2D eigenvalue weighted by atomic mass is 32.2. The van der Waals surface area contributed by atoms with Crippen molar-refractivity contribution in [3.05, 3.63) is 0 Å². The van der Waals surface area contributed by atoms with Crippen LogP contribution in [0.2, 0.25) is 0 Å². The summed E-state index contributed by atoms with van der Waals surface area (Å²) < 4.78 is 0. The number of aliphatic imine (C=N–C) groups is 1. The molecule has 1 unspecified atom stereocenters. The summed E-state index contributed by atoms with van der Waals surface area (Å²) >= 11 is 4.06. The highest BCUT2D eigenvalue weighted by molar-refractivity contribution is 8.14. The minimum Gasteiger partial charge on any atom is -0.365 e. The van der Waals surface area contributed by atoms with Crippen LogP contribution in [0.1, 0.15) is 32.6 Å². The Morgan fingerprint density at radius 1 is 1.38 bits per heavy atom. The van der Waals surface area contributed by atoms with Crippen LogP contribution in [0, 0.1) is 5.92 Å². The van der Waals surface area contributed by atoms with Crippen molar-refractivity contribution in [2.45, 2.75) is 37.9 Å². The summed E-state index contributed by atoms with van der Waals surface area (Å²) in [5.41, 5.74) is 0. The zero-order valence-corrected chi connectivity index (χ0v) is 11.7. The third-order valence-electron chi connectivity index (χ3n) is 3.21. The minimum atomic E-state index is 0.745. The second-order valence-corrected chi connectivity index (χ2v) is 7.12. The molecule has 1 saturated heterocycles.